The summed E-state index contributed by atoms with van der Waals surface area (Å²) in [6.07, 6.45) is 0. The molecule has 0 bridgehead atoms. The van der Waals surface area contributed by atoms with Gasteiger partial charge < -0.3 is 15.1 Å². The summed E-state index contributed by atoms with van der Waals surface area (Å²) in [5.74, 6) is 0. The Morgan fingerprint density at radius 3 is 2.80 bits per heavy atom. The number of nitrogens with one attached hydrogen (secondary N) is 1. The van der Waals surface area contributed by atoms with Gasteiger partial charge in [0, 0.05) is 26.7 Å². The molecule has 1 aliphatic rings. The van der Waals surface area contributed by atoms with Gasteiger partial charge in [0.2, 0.25) is 5.13 Å². The Morgan fingerprint density at radius 2 is 2.00 bits per heavy atom. The predicted molar refractivity (Wildman–Crippen MR) is 84.8 cm³/mol. The van der Waals surface area contributed by atoms with Crippen LogP contribution >= 0.6 is 11.3 Å². The third kappa shape index (κ3) is 2.56. The van der Waals surface area contributed by atoms with Crippen LogP contribution in [0.3, 0.4) is 0 Å². The van der Waals surface area contributed by atoms with Crippen LogP contribution in [0.4, 0.5) is 16.5 Å². The Bertz CT molecular complexity index is 582. The van der Waals surface area contributed by atoms with E-state index in [4.69, 9.17) is 0 Å². The van der Waals surface area contributed by atoms with Crippen LogP contribution in [0.15, 0.2) is 24.3 Å². The number of hydrogen-bond donors (Lipinski definition) is 1. The zero-order chi connectivity index (χ0) is 13.9. The van der Waals surface area contributed by atoms with Gasteiger partial charge in [-0.25, -0.2) is 0 Å². The number of para-hydroxylation sites is 2. The molecular formula is C14H19N5S. The highest BCUT2D eigenvalue weighted by Crippen LogP contribution is 2.33. The second-order valence-electron chi connectivity index (χ2n) is 4.86. The molecule has 3 rings (SSSR count). The van der Waals surface area contributed by atoms with Crippen LogP contribution in [0.25, 0.3) is 0 Å². The first-order valence-electron chi connectivity index (χ1n) is 6.89. The molecule has 0 unspecified atom stereocenters. The average Bonchev–Trinajstić information content (AvgIpc) is 2.90. The number of rotatable bonds is 4. The van der Waals surface area contributed by atoms with Gasteiger partial charge in [0.15, 0.2) is 0 Å². The van der Waals surface area contributed by atoms with Gasteiger partial charge >= 0.3 is 0 Å². The molecule has 0 amide bonds. The maximum Gasteiger partial charge on any atom is 0.205 e. The molecule has 5 nitrogen and oxygen atoms in total. The summed E-state index contributed by atoms with van der Waals surface area (Å²) in [5, 5.41) is 13.6. The van der Waals surface area contributed by atoms with Crippen molar-refractivity contribution in [2.45, 2.75) is 13.5 Å². The molecule has 0 spiro atoms. The van der Waals surface area contributed by atoms with E-state index < -0.39 is 0 Å². The van der Waals surface area contributed by atoms with Crippen molar-refractivity contribution in [2.24, 2.45) is 0 Å². The summed E-state index contributed by atoms with van der Waals surface area (Å²) in [4.78, 5) is 4.68. The Morgan fingerprint density at radius 1 is 1.20 bits per heavy atom. The van der Waals surface area contributed by atoms with Crippen LogP contribution in [-0.4, -0.2) is 36.9 Å². The molecular weight excluding hydrogens is 270 g/mol. The van der Waals surface area contributed by atoms with Crippen LogP contribution in [0, 0.1) is 0 Å². The average molecular weight is 289 g/mol. The van der Waals surface area contributed by atoms with Gasteiger partial charge in [-0.05, 0) is 19.1 Å². The number of benzene rings is 1. The summed E-state index contributed by atoms with van der Waals surface area (Å²) in [6, 6.07) is 8.53. The lowest BCUT2D eigenvalue weighted by molar-refractivity contribution is 0.727. The lowest BCUT2D eigenvalue weighted by atomic mass is 10.2. The number of hydrogen-bond acceptors (Lipinski definition) is 6. The van der Waals surface area contributed by atoms with Gasteiger partial charge in [-0.3, -0.25) is 0 Å². The number of fused-ring (bicyclic) bond motifs is 1. The summed E-state index contributed by atoms with van der Waals surface area (Å²) in [7, 11) is 2.14. The molecule has 0 saturated carbocycles. The van der Waals surface area contributed by atoms with Gasteiger partial charge in [-0.15, -0.1) is 10.2 Å². The number of anilines is 3. The van der Waals surface area contributed by atoms with Crippen molar-refractivity contribution in [3.8, 4) is 0 Å². The highest BCUT2D eigenvalue weighted by Gasteiger charge is 2.20. The maximum absolute atomic E-state index is 4.27. The topological polar surface area (TPSA) is 44.3 Å². The Hall–Kier alpha value is -1.82. The first-order valence-corrected chi connectivity index (χ1v) is 7.71. The minimum absolute atomic E-state index is 0.827. The van der Waals surface area contributed by atoms with Crippen molar-refractivity contribution in [3.05, 3.63) is 29.3 Å². The van der Waals surface area contributed by atoms with Crippen LogP contribution < -0.4 is 15.1 Å². The van der Waals surface area contributed by atoms with E-state index in [1.807, 2.05) is 0 Å². The standard InChI is InChI=1S/C14H19N5S/c1-3-15-14-17-16-13(20-14)10-19-9-8-18(2)11-6-4-5-7-12(11)19/h4-7H,3,8-10H2,1-2H3,(H,15,17). The molecule has 1 N–H and O–H groups in total. The quantitative estimate of drug-likeness (QED) is 0.936. The molecule has 0 radical (unpaired) electrons. The molecule has 1 aliphatic heterocycles. The molecule has 0 atom stereocenters. The predicted octanol–water partition coefficient (Wildman–Crippen LogP) is 2.43. The fourth-order valence-electron chi connectivity index (χ4n) is 2.43. The van der Waals surface area contributed by atoms with E-state index in [1.54, 1.807) is 11.3 Å². The largest absolute Gasteiger partial charge is 0.371 e. The lowest BCUT2D eigenvalue weighted by Gasteiger charge is -2.36. The van der Waals surface area contributed by atoms with Crippen molar-refractivity contribution >= 4 is 27.8 Å². The second kappa shape index (κ2) is 5.66. The van der Waals surface area contributed by atoms with Crippen LogP contribution in [0.2, 0.25) is 0 Å². The fraction of sp³-hybridized carbons (Fsp3) is 0.429. The molecule has 6 heteroatoms. The van der Waals surface area contributed by atoms with Crippen LogP contribution in [0.5, 0.6) is 0 Å². The van der Waals surface area contributed by atoms with Gasteiger partial charge in [0.25, 0.3) is 0 Å². The minimum Gasteiger partial charge on any atom is -0.371 e. The van der Waals surface area contributed by atoms with Crippen molar-refractivity contribution in [1.29, 1.82) is 0 Å². The number of likely N-dealkylation sites (N-methyl/N-ethyl adjacent to an activating group) is 1. The molecule has 0 saturated heterocycles. The van der Waals surface area contributed by atoms with Crippen molar-refractivity contribution in [2.75, 3.05) is 41.8 Å². The molecule has 1 aromatic heterocycles. The van der Waals surface area contributed by atoms with Gasteiger partial charge in [-0.1, -0.05) is 23.5 Å². The number of aromatic nitrogens is 2. The fourth-order valence-corrected chi connectivity index (χ4v) is 3.26. The van der Waals surface area contributed by atoms with Crippen LogP contribution in [0.1, 0.15) is 11.9 Å². The van der Waals surface area contributed by atoms with Crippen molar-refractivity contribution < 1.29 is 0 Å². The van der Waals surface area contributed by atoms with Crippen molar-refractivity contribution in [3.63, 3.8) is 0 Å². The zero-order valence-electron chi connectivity index (χ0n) is 11.8. The molecule has 20 heavy (non-hydrogen) atoms. The van der Waals surface area contributed by atoms with Crippen molar-refractivity contribution in [1.82, 2.24) is 10.2 Å². The Balaban J connectivity index is 1.79. The highest BCUT2D eigenvalue weighted by atomic mass is 32.1. The van der Waals surface area contributed by atoms with E-state index >= 15 is 0 Å². The summed E-state index contributed by atoms with van der Waals surface area (Å²) < 4.78 is 0. The van der Waals surface area contributed by atoms with Gasteiger partial charge in [0.1, 0.15) is 5.01 Å². The first-order chi connectivity index (χ1) is 9.78. The molecule has 2 heterocycles. The van der Waals surface area contributed by atoms with Crippen LogP contribution in [-0.2, 0) is 6.54 Å². The monoisotopic (exact) mass is 289 g/mol. The lowest BCUT2D eigenvalue weighted by Crippen LogP contribution is -2.38. The molecule has 1 aromatic carbocycles. The van der Waals surface area contributed by atoms with E-state index in [0.29, 0.717) is 0 Å². The van der Waals surface area contributed by atoms with E-state index in [-0.39, 0.29) is 0 Å². The SMILES string of the molecule is CCNc1nnc(CN2CCN(C)c3ccccc32)s1. The molecule has 2 aromatic rings. The summed E-state index contributed by atoms with van der Waals surface area (Å²) in [6.45, 7) is 5.83. The Kier molecular flexibility index (Phi) is 3.73. The molecule has 0 aliphatic carbocycles. The van der Waals surface area contributed by atoms with E-state index in [1.165, 1.54) is 11.4 Å². The third-order valence-electron chi connectivity index (χ3n) is 3.46. The van der Waals surface area contributed by atoms with Gasteiger partial charge in [0.05, 0.1) is 17.9 Å². The zero-order valence-corrected chi connectivity index (χ0v) is 12.7. The smallest absolute Gasteiger partial charge is 0.205 e. The molecule has 0 fully saturated rings. The maximum atomic E-state index is 4.27. The summed E-state index contributed by atoms with van der Waals surface area (Å²) >= 11 is 1.64. The molecule has 106 valence electrons. The van der Waals surface area contributed by atoms with E-state index in [9.17, 15) is 0 Å². The Labute approximate surface area is 123 Å². The van der Waals surface area contributed by atoms with E-state index in [0.717, 1.165) is 36.3 Å². The third-order valence-corrected chi connectivity index (χ3v) is 4.33. The normalized spacial score (nSPS) is 14.3. The van der Waals surface area contributed by atoms with Gasteiger partial charge in [-0.2, -0.15) is 0 Å². The second-order valence-corrected chi connectivity index (χ2v) is 5.93. The van der Waals surface area contributed by atoms with E-state index in [2.05, 4.69) is 63.6 Å². The summed E-state index contributed by atoms with van der Waals surface area (Å²) in [5.41, 5.74) is 2.57. The number of nitrogens with zero attached hydrogens (tertiary/aromatic N) is 4. The minimum atomic E-state index is 0.827. The highest BCUT2D eigenvalue weighted by molar-refractivity contribution is 7.15. The first kappa shape index (κ1) is 13.2.